The first-order chi connectivity index (χ1) is 10.1. The fourth-order valence-corrected chi connectivity index (χ4v) is 2.68. The molecule has 0 aliphatic rings. The van der Waals surface area contributed by atoms with E-state index in [-0.39, 0.29) is 0 Å². The van der Waals surface area contributed by atoms with Crippen molar-refractivity contribution >= 4 is 49.1 Å². The summed E-state index contributed by atoms with van der Waals surface area (Å²) in [4.78, 5) is 0. The minimum Gasteiger partial charge on any atom is -0.493 e. The lowest BCUT2D eigenvalue weighted by molar-refractivity contribution is 0.314. The van der Waals surface area contributed by atoms with Crippen LogP contribution in [0.4, 0.5) is 5.69 Å². The van der Waals surface area contributed by atoms with E-state index in [1.807, 2.05) is 30.3 Å². The second kappa shape index (κ2) is 8.06. The summed E-state index contributed by atoms with van der Waals surface area (Å²) < 4.78 is 7.71. The second-order valence-corrected chi connectivity index (χ2v) is 6.76. The summed E-state index contributed by atoms with van der Waals surface area (Å²) in [7, 11) is 0. The molecule has 112 valence electrons. The molecule has 0 saturated carbocycles. The molecule has 21 heavy (non-hydrogen) atoms. The molecule has 0 aliphatic carbocycles. The van der Waals surface area contributed by atoms with Crippen molar-refractivity contribution in [3.05, 3.63) is 55.9 Å². The topological polar surface area (TPSA) is 21.3 Å². The molecule has 0 bridgehead atoms. The van der Waals surface area contributed by atoms with Crippen molar-refractivity contribution in [2.75, 3.05) is 11.9 Å². The Hall–Kier alpha value is -0.710. The van der Waals surface area contributed by atoms with Crippen molar-refractivity contribution in [1.29, 1.82) is 0 Å². The Kier molecular flexibility index (Phi) is 6.40. The maximum Gasteiger partial charge on any atom is 0.124 e. The van der Waals surface area contributed by atoms with Crippen molar-refractivity contribution < 1.29 is 4.74 Å². The molecule has 2 aromatic carbocycles. The first-order valence-electron chi connectivity index (χ1n) is 6.70. The summed E-state index contributed by atoms with van der Waals surface area (Å²) in [6, 6.07) is 11.9. The van der Waals surface area contributed by atoms with Crippen molar-refractivity contribution in [2.24, 2.45) is 0 Å². The zero-order valence-electron chi connectivity index (χ0n) is 11.6. The highest BCUT2D eigenvalue weighted by Gasteiger charge is 2.05. The average molecular weight is 434 g/mol. The summed E-state index contributed by atoms with van der Waals surface area (Å²) in [5, 5.41) is 4.06. The van der Waals surface area contributed by atoms with Gasteiger partial charge in [-0.25, -0.2) is 0 Å². The molecule has 0 aromatic heterocycles. The van der Waals surface area contributed by atoms with Gasteiger partial charge in [-0.3, -0.25) is 0 Å². The molecule has 0 amide bonds. The normalized spacial score (nSPS) is 10.5. The molecule has 5 heteroatoms. The minimum absolute atomic E-state index is 0.677. The highest BCUT2D eigenvalue weighted by molar-refractivity contribution is 9.10. The summed E-state index contributed by atoms with van der Waals surface area (Å²) >= 11 is 13.0. The minimum atomic E-state index is 0.677. The summed E-state index contributed by atoms with van der Waals surface area (Å²) in [5.41, 5.74) is 2.08. The Morgan fingerprint density at radius 1 is 1.14 bits per heavy atom. The predicted molar refractivity (Wildman–Crippen MR) is 96.4 cm³/mol. The number of hydrogen-bond acceptors (Lipinski definition) is 2. The number of ether oxygens (including phenoxy) is 1. The molecular weight excluding hydrogens is 417 g/mol. The smallest absolute Gasteiger partial charge is 0.124 e. The average Bonchev–Trinajstić information content (AvgIpc) is 2.47. The van der Waals surface area contributed by atoms with Crippen LogP contribution in [0.2, 0.25) is 5.02 Å². The van der Waals surface area contributed by atoms with Gasteiger partial charge in [0.2, 0.25) is 0 Å². The molecule has 0 spiro atoms. The van der Waals surface area contributed by atoms with Gasteiger partial charge in [0.1, 0.15) is 5.75 Å². The van der Waals surface area contributed by atoms with Gasteiger partial charge >= 0.3 is 0 Å². The monoisotopic (exact) mass is 431 g/mol. The van der Waals surface area contributed by atoms with Gasteiger partial charge in [-0.1, -0.05) is 34.5 Å². The van der Waals surface area contributed by atoms with Crippen LogP contribution in [0.1, 0.15) is 18.9 Å². The van der Waals surface area contributed by atoms with E-state index < -0.39 is 0 Å². The summed E-state index contributed by atoms with van der Waals surface area (Å²) in [5.74, 6) is 0.913. The maximum absolute atomic E-state index is 6.10. The first-order valence-corrected chi connectivity index (χ1v) is 8.66. The quantitative estimate of drug-likeness (QED) is 0.580. The molecule has 0 radical (unpaired) electrons. The van der Waals surface area contributed by atoms with Gasteiger partial charge in [0, 0.05) is 26.7 Å². The van der Waals surface area contributed by atoms with E-state index in [4.69, 9.17) is 16.3 Å². The molecule has 2 aromatic rings. The zero-order valence-corrected chi connectivity index (χ0v) is 15.6. The van der Waals surface area contributed by atoms with Gasteiger partial charge in [0.15, 0.2) is 0 Å². The van der Waals surface area contributed by atoms with Gasteiger partial charge < -0.3 is 10.1 Å². The largest absolute Gasteiger partial charge is 0.493 e. The number of benzene rings is 2. The van der Waals surface area contributed by atoms with Crippen LogP contribution in [-0.4, -0.2) is 6.61 Å². The van der Waals surface area contributed by atoms with E-state index in [0.29, 0.717) is 11.6 Å². The van der Waals surface area contributed by atoms with E-state index in [9.17, 15) is 0 Å². The fourth-order valence-electron chi connectivity index (χ4n) is 1.84. The van der Waals surface area contributed by atoms with Crippen LogP contribution in [0, 0.1) is 0 Å². The van der Waals surface area contributed by atoms with E-state index in [0.717, 1.165) is 39.0 Å². The molecule has 2 rings (SSSR count). The summed E-state index contributed by atoms with van der Waals surface area (Å²) in [6.07, 6.45) is 0.991. The lowest BCUT2D eigenvalue weighted by atomic mass is 10.2. The van der Waals surface area contributed by atoms with Crippen LogP contribution in [0.5, 0.6) is 5.75 Å². The zero-order chi connectivity index (χ0) is 15.2. The maximum atomic E-state index is 6.10. The number of hydrogen-bond donors (Lipinski definition) is 1. The second-order valence-electron chi connectivity index (χ2n) is 4.58. The number of rotatable bonds is 6. The van der Waals surface area contributed by atoms with Crippen LogP contribution >= 0.6 is 43.5 Å². The first kappa shape index (κ1) is 16.7. The molecule has 0 saturated heterocycles. The molecular formula is C16H16Br2ClNO. The third-order valence-corrected chi connectivity index (χ3v) is 4.61. The van der Waals surface area contributed by atoms with Crippen molar-refractivity contribution in [1.82, 2.24) is 0 Å². The SMILES string of the molecule is CCCOc1ccc(Br)cc1CNc1ccc(Br)c(Cl)c1. The Labute approximate surface area is 147 Å². The van der Waals surface area contributed by atoms with Gasteiger partial charge in [0.05, 0.1) is 11.6 Å². The Morgan fingerprint density at radius 3 is 2.67 bits per heavy atom. The van der Waals surface area contributed by atoms with Crippen molar-refractivity contribution in [3.8, 4) is 5.75 Å². The molecule has 0 fully saturated rings. The van der Waals surface area contributed by atoms with Crippen molar-refractivity contribution in [3.63, 3.8) is 0 Å². The van der Waals surface area contributed by atoms with Crippen LogP contribution in [0.3, 0.4) is 0 Å². The summed E-state index contributed by atoms with van der Waals surface area (Å²) in [6.45, 7) is 3.50. The number of nitrogens with one attached hydrogen (secondary N) is 1. The van der Waals surface area contributed by atoms with E-state index in [2.05, 4.69) is 50.2 Å². The third kappa shape index (κ3) is 4.90. The lowest BCUT2D eigenvalue weighted by Crippen LogP contribution is -2.04. The Morgan fingerprint density at radius 2 is 1.95 bits per heavy atom. The predicted octanol–water partition coefficient (Wildman–Crippen LogP) is 6.27. The Balaban J connectivity index is 2.10. The van der Waals surface area contributed by atoms with Crippen LogP contribution in [-0.2, 0) is 6.54 Å². The van der Waals surface area contributed by atoms with E-state index >= 15 is 0 Å². The lowest BCUT2D eigenvalue weighted by Gasteiger charge is -2.13. The third-order valence-electron chi connectivity index (χ3n) is 2.89. The molecule has 1 N–H and O–H groups in total. The number of anilines is 1. The number of halogens is 3. The van der Waals surface area contributed by atoms with Gasteiger partial charge in [-0.05, 0) is 58.7 Å². The molecule has 0 heterocycles. The van der Waals surface area contributed by atoms with Gasteiger partial charge in [-0.15, -0.1) is 0 Å². The van der Waals surface area contributed by atoms with Gasteiger partial charge in [-0.2, -0.15) is 0 Å². The van der Waals surface area contributed by atoms with E-state index in [1.54, 1.807) is 0 Å². The Bertz CT molecular complexity index is 619. The highest BCUT2D eigenvalue weighted by Crippen LogP contribution is 2.27. The van der Waals surface area contributed by atoms with Crippen LogP contribution < -0.4 is 10.1 Å². The molecule has 0 atom stereocenters. The van der Waals surface area contributed by atoms with Crippen molar-refractivity contribution in [2.45, 2.75) is 19.9 Å². The standard InChI is InChI=1S/C16H16Br2ClNO/c1-2-7-21-16-6-3-12(17)8-11(16)10-20-13-4-5-14(18)15(19)9-13/h3-6,8-9,20H,2,7,10H2,1H3. The molecule has 0 unspecified atom stereocenters. The highest BCUT2D eigenvalue weighted by atomic mass is 79.9. The van der Waals surface area contributed by atoms with Crippen LogP contribution in [0.15, 0.2) is 45.3 Å². The van der Waals surface area contributed by atoms with Crippen LogP contribution in [0.25, 0.3) is 0 Å². The van der Waals surface area contributed by atoms with Gasteiger partial charge in [0.25, 0.3) is 0 Å². The molecule has 2 nitrogen and oxygen atoms in total. The fraction of sp³-hybridized carbons (Fsp3) is 0.250. The molecule has 0 aliphatic heterocycles. The van der Waals surface area contributed by atoms with E-state index in [1.165, 1.54) is 0 Å².